The lowest BCUT2D eigenvalue weighted by Crippen LogP contribution is -2.39. The van der Waals surface area contributed by atoms with E-state index in [9.17, 15) is 12.8 Å². The molecular formula is C21H20ClFN2O2S2. The highest BCUT2D eigenvalue weighted by Gasteiger charge is 2.32. The zero-order valence-corrected chi connectivity index (χ0v) is 18.2. The molecule has 0 radical (unpaired) electrons. The first kappa shape index (κ1) is 20.3. The molecule has 1 aliphatic rings. The monoisotopic (exact) mass is 450 g/mol. The molecule has 1 aromatic heterocycles. The van der Waals surface area contributed by atoms with Crippen LogP contribution in [-0.2, 0) is 9.84 Å². The summed E-state index contributed by atoms with van der Waals surface area (Å²) in [7, 11) is -3.32. The summed E-state index contributed by atoms with van der Waals surface area (Å²) in [5.74, 6) is -0.456. The van der Waals surface area contributed by atoms with Gasteiger partial charge in [-0.3, -0.25) is 0 Å². The van der Waals surface area contributed by atoms with E-state index in [1.807, 2.05) is 24.4 Å². The largest absolute Gasteiger partial charge is 0.348 e. The molecule has 1 fully saturated rings. The number of sulfone groups is 1. The van der Waals surface area contributed by atoms with Crippen molar-refractivity contribution in [3.8, 4) is 11.3 Å². The number of nitrogens with zero attached hydrogens (tertiary/aromatic N) is 2. The van der Waals surface area contributed by atoms with Crippen molar-refractivity contribution in [2.45, 2.75) is 29.9 Å². The summed E-state index contributed by atoms with van der Waals surface area (Å²) in [6, 6.07) is 11.6. The lowest BCUT2D eigenvalue weighted by atomic mass is 10.1. The molecule has 0 atom stereocenters. The average molecular weight is 451 g/mol. The third kappa shape index (κ3) is 4.17. The van der Waals surface area contributed by atoms with Gasteiger partial charge in [-0.2, -0.15) is 0 Å². The molecule has 1 saturated heterocycles. The lowest BCUT2D eigenvalue weighted by molar-refractivity contribution is 0.529. The molecule has 152 valence electrons. The Hall–Kier alpha value is -1.96. The Morgan fingerprint density at radius 2 is 1.83 bits per heavy atom. The van der Waals surface area contributed by atoms with Gasteiger partial charge in [0.1, 0.15) is 5.82 Å². The minimum atomic E-state index is -3.32. The molecule has 4 nitrogen and oxygen atoms in total. The summed E-state index contributed by atoms with van der Waals surface area (Å²) in [4.78, 5) is 7.15. The van der Waals surface area contributed by atoms with Gasteiger partial charge in [-0.1, -0.05) is 29.3 Å². The maximum absolute atomic E-state index is 13.4. The van der Waals surface area contributed by atoms with Crippen molar-refractivity contribution in [2.75, 3.05) is 18.0 Å². The number of piperidine rings is 1. The van der Waals surface area contributed by atoms with E-state index >= 15 is 0 Å². The Kier molecular flexibility index (Phi) is 5.64. The lowest BCUT2D eigenvalue weighted by Gasteiger charge is -2.31. The van der Waals surface area contributed by atoms with Crippen molar-refractivity contribution in [3.05, 3.63) is 64.2 Å². The van der Waals surface area contributed by atoms with Crippen LogP contribution in [0.1, 0.15) is 18.4 Å². The van der Waals surface area contributed by atoms with E-state index in [-0.39, 0.29) is 10.3 Å². The van der Waals surface area contributed by atoms with E-state index in [4.69, 9.17) is 11.6 Å². The predicted octanol–water partition coefficient (Wildman–Crippen LogP) is 5.35. The minimum absolute atomic E-state index is 0.0687. The second-order valence-electron chi connectivity index (χ2n) is 7.19. The molecule has 0 bridgehead atoms. The summed E-state index contributed by atoms with van der Waals surface area (Å²) < 4.78 is 39.2. The fourth-order valence-electron chi connectivity index (χ4n) is 3.48. The minimum Gasteiger partial charge on any atom is -0.348 e. The Labute approximate surface area is 178 Å². The summed E-state index contributed by atoms with van der Waals surface area (Å²) in [5.41, 5.74) is 2.54. The van der Waals surface area contributed by atoms with Gasteiger partial charge in [0, 0.05) is 24.0 Å². The third-order valence-corrected chi connectivity index (χ3v) is 8.68. The summed E-state index contributed by atoms with van der Waals surface area (Å²) in [6.07, 6.45) is 1.13. The van der Waals surface area contributed by atoms with E-state index < -0.39 is 15.7 Å². The molecule has 8 heteroatoms. The van der Waals surface area contributed by atoms with Gasteiger partial charge >= 0.3 is 0 Å². The quantitative estimate of drug-likeness (QED) is 0.537. The average Bonchev–Trinajstić information content (AvgIpc) is 3.21. The first-order chi connectivity index (χ1) is 13.8. The second-order valence-corrected chi connectivity index (χ2v) is 10.7. The van der Waals surface area contributed by atoms with Crippen LogP contribution in [0.15, 0.2) is 52.7 Å². The molecule has 0 amide bonds. The van der Waals surface area contributed by atoms with E-state index in [1.54, 1.807) is 24.3 Å². The molecule has 2 aromatic carbocycles. The van der Waals surface area contributed by atoms with Crippen LogP contribution >= 0.6 is 22.9 Å². The van der Waals surface area contributed by atoms with Gasteiger partial charge in [0.25, 0.3) is 0 Å². The highest BCUT2D eigenvalue weighted by Crippen LogP contribution is 2.32. The Balaban J connectivity index is 1.45. The number of rotatable bonds is 4. The van der Waals surface area contributed by atoms with Crippen molar-refractivity contribution in [2.24, 2.45) is 0 Å². The van der Waals surface area contributed by atoms with E-state index in [0.717, 1.165) is 22.0 Å². The van der Waals surface area contributed by atoms with Crippen LogP contribution in [0.2, 0.25) is 5.02 Å². The molecular weight excluding hydrogens is 431 g/mol. The third-order valence-electron chi connectivity index (χ3n) is 5.21. The van der Waals surface area contributed by atoms with E-state index in [0.29, 0.717) is 30.8 Å². The number of hydrogen-bond acceptors (Lipinski definition) is 5. The molecule has 0 aliphatic carbocycles. The molecule has 1 aliphatic heterocycles. The Morgan fingerprint density at radius 1 is 1.14 bits per heavy atom. The first-order valence-electron chi connectivity index (χ1n) is 9.31. The molecule has 4 rings (SSSR count). The predicted molar refractivity (Wildman–Crippen MR) is 116 cm³/mol. The van der Waals surface area contributed by atoms with Crippen molar-refractivity contribution in [1.82, 2.24) is 4.98 Å². The van der Waals surface area contributed by atoms with Crippen LogP contribution < -0.4 is 4.90 Å². The van der Waals surface area contributed by atoms with E-state index in [1.165, 1.54) is 17.4 Å². The number of benzene rings is 2. The maximum atomic E-state index is 13.4. The second kappa shape index (κ2) is 8.05. The number of aryl methyl sites for hydroxylation is 1. The van der Waals surface area contributed by atoms with Crippen LogP contribution in [0.4, 0.5) is 9.52 Å². The van der Waals surface area contributed by atoms with Gasteiger partial charge in [-0.15, -0.1) is 11.3 Å². The molecule has 29 heavy (non-hydrogen) atoms. The van der Waals surface area contributed by atoms with Gasteiger partial charge < -0.3 is 4.90 Å². The van der Waals surface area contributed by atoms with Gasteiger partial charge in [0.05, 0.1) is 20.9 Å². The van der Waals surface area contributed by atoms with Crippen molar-refractivity contribution >= 4 is 37.9 Å². The number of anilines is 1. The molecule has 0 unspecified atom stereocenters. The van der Waals surface area contributed by atoms with Crippen LogP contribution in [0.3, 0.4) is 0 Å². The molecule has 0 spiro atoms. The summed E-state index contributed by atoms with van der Waals surface area (Å²) >= 11 is 7.37. The maximum Gasteiger partial charge on any atom is 0.185 e. The Bertz CT molecular complexity index is 1120. The van der Waals surface area contributed by atoms with Crippen LogP contribution in [-0.4, -0.2) is 31.7 Å². The van der Waals surface area contributed by atoms with Gasteiger partial charge in [0.15, 0.2) is 15.0 Å². The zero-order valence-electron chi connectivity index (χ0n) is 15.8. The number of aromatic nitrogens is 1. The standard InChI is InChI=1S/C21H20ClFN2O2S2/c1-14-2-5-16(6-3-14)29(26,27)17-8-10-25(11-9-17)21-24-20(13-28-21)15-4-7-19(23)18(22)12-15/h2-7,12-13,17H,8-11H2,1H3. The summed E-state index contributed by atoms with van der Waals surface area (Å²) in [6.45, 7) is 3.21. The summed E-state index contributed by atoms with van der Waals surface area (Å²) in [5, 5.41) is 2.44. The smallest absolute Gasteiger partial charge is 0.185 e. The fraction of sp³-hybridized carbons (Fsp3) is 0.286. The number of thiazole rings is 1. The van der Waals surface area contributed by atoms with Crippen LogP contribution in [0, 0.1) is 12.7 Å². The van der Waals surface area contributed by atoms with Crippen LogP contribution in [0.5, 0.6) is 0 Å². The molecule has 0 N–H and O–H groups in total. The highest BCUT2D eigenvalue weighted by atomic mass is 35.5. The molecule has 3 aromatic rings. The van der Waals surface area contributed by atoms with Crippen molar-refractivity contribution in [1.29, 1.82) is 0 Å². The van der Waals surface area contributed by atoms with Gasteiger partial charge in [-0.05, 0) is 50.1 Å². The highest BCUT2D eigenvalue weighted by molar-refractivity contribution is 7.92. The van der Waals surface area contributed by atoms with Crippen molar-refractivity contribution < 1.29 is 12.8 Å². The number of halogens is 2. The van der Waals surface area contributed by atoms with E-state index in [2.05, 4.69) is 9.88 Å². The Morgan fingerprint density at radius 3 is 2.48 bits per heavy atom. The van der Waals surface area contributed by atoms with Crippen LogP contribution in [0.25, 0.3) is 11.3 Å². The SMILES string of the molecule is Cc1ccc(S(=O)(=O)C2CCN(c3nc(-c4ccc(F)c(Cl)c4)cs3)CC2)cc1. The fourth-order valence-corrected chi connectivity index (χ4v) is 6.28. The zero-order chi connectivity index (χ0) is 20.6. The molecule has 2 heterocycles. The normalized spacial score (nSPS) is 15.6. The first-order valence-corrected chi connectivity index (χ1v) is 12.1. The molecule has 0 saturated carbocycles. The number of hydrogen-bond donors (Lipinski definition) is 0. The topological polar surface area (TPSA) is 50.3 Å². The van der Waals surface area contributed by atoms with Crippen molar-refractivity contribution in [3.63, 3.8) is 0 Å². The van der Waals surface area contributed by atoms with Gasteiger partial charge in [-0.25, -0.2) is 17.8 Å². The van der Waals surface area contributed by atoms with Gasteiger partial charge in [0.2, 0.25) is 0 Å².